The maximum absolute atomic E-state index is 12.9. The largest absolute Gasteiger partial charge is 0.494 e. The first-order valence-corrected chi connectivity index (χ1v) is 7.15. The van der Waals surface area contributed by atoms with Crippen LogP contribution in [0.25, 0.3) is 0 Å². The third-order valence-electron chi connectivity index (χ3n) is 3.43. The molecule has 0 aliphatic heterocycles. The van der Waals surface area contributed by atoms with E-state index < -0.39 is 18.4 Å². The highest BCUT2D eigenvalue weighted by atomic mass is 19.1. The van der Waals surface area contributed by atoms with Crippen LogP contribution in [0.5, 0.6) is 5.75 Å². The minimum Gasteiger partial charge on any atom is -0.494 e. The zero-order chi connectivity index (χ0) is 18.4. The van der Waals surface area contributed by atoms with Gasteiger partial charge in [0.05, 0.1) is 19.3 Å². The zero-order valence-corrected chi connectivity index (χ0v) is 13.2. The van der Waals surface area contributed by atoms with Crippen LogP contribution in [0.3, 0.4) is 0 Å². The molecule has 0 bridgehead atoms. The average Bonchev–Trinajstić information content (AvgIpc) is 2.65. The summed E-state index contributed by atoms with van der Waals surface area (Å²) in [6.07, 6.45) is 1.10. The number of hydrogen-bond donors (Lipinski definition) is 4. The molecule has 9 heteroatoms. The van der Waals surface area contributed by atoms with Gasteiger partial charge < -0.3 is 15.2 Å². The maximum atomic E-state index is 12.9. The highest BCUT2D eigenvalue weighted by Gasteiger charge is 2.23. The second-order valence-corrected chi connectivity index (χ2v) is 4.94. The number of aliphatic hydroxyl groups excluding tert-OH is 1. The van der Waals surface area contributed by atoms with Crippen molar-refractivity contribution in [3.8, 4) is 5.75 Å². The van der Waals surface area contributed by atoms with Crippen molar-refractivity contribution in [3.05, 3.63) is 58.7 Å². The lowest BCUT2D eigenvalue weighted by atomic mass is 10.1. The Hall–Kier alpha value is -3.04. The number of ether oxygens (including phenoxy) is 1. The molecule has 0 aliphatic rings. The number of amides is 2. The van der Waals surface area contributed by atoms with Crippen molar-refractivity contribution >= 4 is 11.8 Å². The van der Waals surface area contributed by atoms with Crippen LogP contribution in [-0.4, -0.2) is 34.2 Å². The SMILES string of the molecule is COc1c(C(=O)NO)ncc(C(=O)NCc2ccc(F)cc2)c1CO. The van der Waals surface area contributed by atoms with Crippen molar-refractivity contribution in [1.29, 1.82) is 0 Å². The first kappa shape index (κ1) is 18.3. The van der Waals surface area contributed by atoms with Crippen LogP contribution in [0.4, 0.5) is 4.39 Å². The number of hydroxylamine groups is 1. The fourth-order valence-electron chi connectivity index (χ4n) is 2.20. The van der Waals surface area contributed by atoms with Gasteiger partial charge in [0.2, 0.25) is 0 Å². The molecule has 0 saturated heterocycles. The normalized spacial score (nSPS) is 10.2. The topological polar surface area (TPSA) is 121 Å². The molecule has 132 valence electrons. The summed E-state index contributed by atoms with van der Waals surface area (Å²) < 4.78 is 17.9. The third kappa shape index (κ3) is 4.08. The van der Waals surface area contributed by atoms with Crippen LogP contribution in [0.1, 0.15) is 32.0 Å². The van der Waals surface area contributed by atoms with Gasteiger partial charge >= 0.3 is 0 Å². The quantitative estimate of drug-likeness (QED) is 0.452. The van der Waals surface area contributed by atoms with E-state index in [2.05, 4.69) is 10.3 Å². The lowest BCUT2D eigenvalue weighted by Gasteiger charge is -2.14. The van der Waals surface area contributed by atoms with Gasteiger partial charge in [-0.25, -0.2) is 14.9 Å². The molecule has 8 nitrogen and oxygen atoms in total. The first-order chi connectivity index (χ1) is 12.0. The Labute approximate surface area is 142 Å². The van der Waals surface area contributed by atoms with Gasteiger partial charge in [0, 0.05) is 18.3 Å². The van der Waals surface area contributed by atoms with Crippen LogP contribution >= 0.6 is 0 Å². The van der Waals surface area contributed by atoms with E-state index in [1.54, 1.807) is 0 Å². The van der Waals surface area contributed by atoms with Crippen LogP contribution in [0, 0.1) is 5.82 Å². The number of benzene rings is 1. The standard InChI is InChI=1S/C16H16FN3O5/c1-25-14-12(8-21)11(7-18-13(14)16(23)20-24)15(22)19-6-9-2-4-10(17)5-3-9/h2-5,7,21,24H,6,8H2,1H3,(H,19,22)(H,20,23). The summed E-state index contributed by atoms with van der Waals surface area (Å²) in [4.78, 5) is 27.7. The van der Waals surface area contributed by atoms with Gasteiger partial charge in [-0.1, -0.05) is 12.1 Å². The number of carbonyl (C=O) groups excluding carboxylic acids is 2. The van der Waals surface area contributed by atoms with Gasteiger partial charge in [0.1, 0.15) is 5.82 Å². The highest BCUT2D eigenvalue weighted by molar-refractivity contribution is 5.99. The van der Waals surface area contributed by atoms with Crippen molar-refractivity contribution in [1.82, 2.24) is 15.8 Å². The van der Waals surface area contributed by atoms with Crippen molar-refractivity contribution in [3.63, 3.8) is 0 Å². The Bertz CT molecular complexity index is 780. The molecule has 0 saturated carbocycles. The number of nitrogens with zero attached hydrogens (tertiary/aromatic N) is 1. The predicted molar refractivity (Wildman–Crippen MR) is 83.5 cm³/mol. The second kappa shape index (κ2) is 8.18. The Balaban J connectivity index is 2.26. The minimum absolute atomic E-state index is 0.0101. The highest BCUT2D eigenvalue weighted by Crippen LogP contribution is 2.25. The number of nitrogens with one attached hydrogen (secondary N) is 2. The summed E-state index contributed by atoms with van der Waals surface area (Å²) in [5.74, 6) is -2.01. The van der Waals surface area contributed by atoms with Gasteiger partial charge in [-0.05, 0) is 17.7 Å². The molecule has 4 N–H and O–H groups in total. The van der Waals surface area contributed by atoms with Crippen LogP contribution in [0.15, 0.2) is 30.5 Å². The maximum Gasteiger partial charge on any atom is 0.297 e. The number of carbonyl (C=O) groups is 2. The van der Waals surface area contributed by atoms with Gasteiger partial charge in [-0.2, -0.15) is 0 Å². The molecular weight excluding hydrogens is 333 g/mol. The van der Waals surface area contributed by atoms with Crippen LogP contribution in [-0.2, 0) is 13.2 Å². The van der Waals surface area contributed by atoms with E-state index in [0.717, 1.165) is 6.20 Å². The van der Waals surface area contributed by atoms with Crippen molar-refractivity contribution < 1.29 is 29.0 Å². The molecule has 0 spiro atoms. The van der Waals surface area contributed by atoms with E-state index in [0.29, 0.717) is 5.56 Å². The summed E-state index contributed by atoms with van der Waals surface area (Å²) in [7, 11) is 1.24. The van der Waals surface area contributed by atoms with E-state index in [1.807, 2.05) is 0 Å². The van der Waals surface area contributed by atoms with Gasteiger partial charge in [-0.3, -0.25) is 14.8 Å². The summed E-state index contributed by atoms with van der Waals surface area (Å²) in [5, 5.41) is 20.9. The van der Waals surface area contributed by atoms with E-state index in [-0.39, 0.29) is 34.9 Å². The lowest BCUT2D eigenvalue weighted by molar-refractivity contribution is 0.0696. The van der Waals surface area contributed by atoms with Crippen molar-refractivity contribution in [2.75, 3.05) is 7.11 Å². The monoisotopic (exact) mass is 349 g/mol. The number of rotatable bonds is 6. The Morgan fingerprint density at radius 3 is 2.48 bits per heavy atom. The Morgan fingerprint density at radius 1 is 1.24 bits per heavy atom. The minimum atomic E-state index is -0.940. The van der Waals surface area contributed by atoms with Gasteiger partial charge in [0.15, 0.2) is 11.4 Å². The smallest absolute Gasteiger partial charge is 0.297 e. The van der Waals surface area contributed by atoms with Gasteiger partial charge in [0.25, 0.3) is 11.8 Å². The van der Waals surface area contributed by atoms with Crippen LogP contribution in [0.2, 0.25) is 0 Å². The third-order valence-corrected chi connectivity index (χ3v) is 3.43. The van der Waals surface area contributed by atoms with E-state index in [1.165, 1.54) is 36.9 Å². The molecule has 2 rings (SSSR count). The molecule has 0 atom stereocenters. The zero-order valence-electron chi connectivity index (χ0n) is 13.2. The van der Waals surface area contributed by atoms with Crippen molar-refractivity contribution in [2.24, 2.45) is 0 Å². The summed E-state index contributed by atoms with van der Waals surface area (Å²) in [6.45, 7) is -0.456. The van der Waals surface area contributed by atoms with Crippen LogP contribution < -0.4 is 15.5 Å². The summed E-state index contributed by atoms with van der Waals surface area (Å²) in [6, 6.07) is 5.59. The number of methoxy groups -OCH3 is 1. The van der Waals surface area contributed by atoms with E-state index in [4.69, 9.17) is 9.94 Å². The fourth-order valence-corrected chi connectivity index (χ4v) is 2.20. The number of halogens is 1. The molecule has 0 aliphatic carbocycles. The predicted octanol–water partition coefficient (Wildman–Crippen LogP) is 0.771. The molecule has 2 amide bonds. The number of aromatic nitrogens is 1. The molecule has 1 aromatic heterocycles. The summed E-state index contributed by atoms with van der Waals surface area (Å²) in [5.41, 5.74) is 1.88. The lowest BCUT2D eigenvalue weighted by Crippen LogP contribution is -2.26. The number of hydrogen-bond acceptors (Lipinski definition) is 6. The van der Waals surface area contributed by atoms with E-state index >= 15 is 0 Å². The van der Waals surface area contributed by atoms with E-state index in [9.17, 15) is 19.1 Å². The Kier molecular flexibility index (Phi) is 5.98. The fraction of sp³-hybridized carbons (Fsp3) is 0.188. The second-order valence-electron chi connectivity index (χ2n) is 4.94. The molecule has 0 unspecified atom stereocenters. The molecule has 25 heavy (non-hydrogen) atoms. The Morgan fingerprint density at radius 2 is 1.92 bits per heavy atom. The number of pyridine rings is 1. The molecule has 2 aromatic rings. The van der Waals surface area contributed by atoms with Gasteiger partial charge in [-0.15, -0.1) is 0 Å². The number of aliphatic hydroxyl groups is 1. The summed E-state index contributed by atoms with van der Waals surface area (Å²) >= 11 is 0. The average molecular weight is 349 g/mol. The van der Waals surface area contributed by atoms with Crippen molar-refractivity contribution in [2.45, 2.75) is 13.2 Å². The molecule has 0 fully saturated rings. The molecular formula is C16H16FN3O5. The molecule has 1 heterocycles. The first-order valence-electron chi connectivity index (χ1n) is 7.15. The molecule has 0 radical (unpaired) electrons. The molecule has 1 aromatic carbocycles.